The molecule has 104 valence electrons. The second kappa shape index (κ2) is 4.55. The van der Waals surface area contributed by atoms with Gasteiger partial charge in [-0.2, -0.15) is 14.7 Å². The molecule has 0 amide bonds. The van der Waals surface area contributed by atoms with E-state index in [-0.39, 0.29) is 0 Å². The van der Waals surface area contributed by atoms with Gasteiger partial charge in [-0.05, 0) is 12.8 Å². The van der Waals surface area contributed by atoms with Gasteiger partial charge in [0.2, 0.25) is 4.96 Å². The zero-order valence-corrected chi connectivity index (χ0v) is 11.7. The van der Waals surface area contributed by atoms with E-state index in [0.717, 1.165) is 21.5 Å². The zero-order chi connectivity index (χ0) is 13.5. The average Bonchev–Trinajstić information content (AvgIpc) is 3.13. The van der Waals surface area contributed by atoms with Crippen LogP contribution < -0.4 is 5.73 Å². The molecule has 3 heterocycles. The topological polar surface area (TPSA) is 97.8 Å². The number of aromatic amines is 1. The molecule has 7 nitrogen and oxygen atoms in total. The van der Waals surface area contributed by atoms with Crippen molar-refractivity contribution in [2.24, 2.45) is 0 Å². The molecular formula is C12H15N7S. The molecule has 20 heavy (non-hydrogen) atoms. The van der Waals surface area contributed by atoms with E-state index in [0.29, 0.717) is 11.7 Å². The third-order valence-electron chi connectivity index (χ3n) is 3.81. The third kappa shape index (κ3) is 1.87. The molecule has 0 aliphatic heterocycles. The standard InChI is InChI=1S/C12H15N7S/c13-9-6-8(14-15-9)11-18-19-10(16-17-12(19)20-11)7-4-2-1-3-5-7/h6-7H,1-5H2,(H3,13,14,15). The summed E-state index contributed by atoms with van der Waals surface area (Å²) >= 11 is 1.50. The predicted octanol–water partition coefficient (Wildman–Crippen LogP) is 2.21. The number of anilines is 1. The average molecular weight is 289 g/mol. The Balaban J connectivity index is 1.74. The summed E-state index contributed by atoms with van der Waals surface area (Å²) in [6, 6.07) is 1.78. The van der Waals surface area contributed by atoms with Gasteiger partial charge in [-0.3, -0.25) is 5.10 Å². The molecule has 0 saturated heterocycles. The van der Waals surface area contributed by atoms with Crippen molar-refractivity contribution < 1.29 is 0 Å². The first-order valence-corrected chi connectivity index (χ1v) is 7.66. The fraction of sp³-hybridized carbons (Fsp3) is 0.500. The second-order valence-corrected chi connectivity index (χ2v) is 6.16. The number of aromatic nitrogens is 6. The Kier molecular flexibility index (Phi) is 2.69. The smallest absolute Gasteiger partial charge is 0.235 e. The summed E-state index contributed by atoms with van der Waals surface area (Å²) in [7, 11) is 0. The van der Waals surface area contributed by atoms with E-state index in [1.807, 2.05) is 4.52 Å². The highest BCUT2D eigenvalue weighted by Crippen LogP contribution is 2.33. The maximum atomic E-state index is 5.63. The van der Waals surface area contributed by atoms with Crippen molar-refractivity contribution >= 4 is 22.1 Å². The molecule has 0 unspecified atom stereocenters. The highest BCUT2D eigenvalue weighted by molar-refractivity contribution is 7.19. The molecule has 1 aliphatic rings. The first-order chi connectivity index (χ1) is 9.81. The van der Waals surface area contributed by atoms with Crippen molar-refractivity contribution in [2.75, 3.05) is 5.73 Å². The summed E-state index contributed by atoms with van der Waals surface area (Å²) in [6.45, 7) is 0. The minimum atomic E-state index is 0.471. The Morgan fingerprint density at radius 2 is 2.10 bits per heavy atom. The van der Waals surface area contributed by atoms with Crippen LogP contribution in [0.4, 0.5) is 5.82 Å². The van der Waals surface area contributed by atoms with Gasteiger partial charge in [0.25, 0.3) is 0 Å². The van der Waals surface area contributed by atoms with Crippen LogP contribution in [-0.2, 0) is 0 Å². The van der Waals surface area contributed by atoms with Crippen molar-refractivity contribution in [3.63, 3.8) is 0 Å². The molecule has 0 atom stereocenters. The Hall–Kier alpha value is -1.96. The molecule has 0 aromatic carbocycles. The molecular weight excluding hydrogens is 274 g/mol. The lowest BCUT2D eigenvalue weighted by atomic mass is 9.89. The van der Waals surface area contributed by atoms with Crippen molar-refractivity contribution in [1.82, 2.24) is 30.0 Å². The van der Waals surface area contributed by atoms with Gasteiger partial charge in [-0.15, -0.1) is 10.2 Å². The van der Waals surface area contributed by atoms with Crippen LogP contribution in [-0.4, -0.2) is 30.0 Å². The Bertz CT molecular complexity index is 734. The van der Waals surface area contributed by atoms with Crippen LogP contribution in [0.1, 0.15) is 43.8 Å². The van der Waals surface area contributed by atoms with E-state index in [1.54, 1.807) is 6.07 Å². The normalized spacial score (nSPS) is 17.0. The summed E-state index contributed by atoms with van der Waals surface area (Å²) in [5.41, 5.74) is 6.46. The zero-order valence-electron chi connectivity index (χ0n) is 10.9. The third-order valence-corrected chi connectivity index (χ3v) is 4.75. The van der Waals surface area contributed by atoms with E-state index >= 15 is 0 Å². The van der Waals surface area contributed by atoms with Gasteiger partial charge < -0.3 is 5.73 Å². The fourth-order valence-corrected chi connectivity index (χ4v) is 3.62. The van der Waals surface area contributed by atoms with Crippen molar-refractivity contribution in [3.05, 3.63) is 11.9 Å². The Morgan fingerprint density at radius 1 is 1.25 bits per heavy atom. The molecule has 4 rings (SSSR count). The monoisotopic (exact) mass is 289 g/mol. The summed E-state index contributed by atoms with van der Waals surface area (Å²) in [5.74, 6) is 1.95. The van der Waals surface area contributed by atoms with Crippen LogP contribution in [0.2, 0.25) is 0 Å². The molecule has 3 N–H and O–H groups in total. The number of nitrogen functional groups attached to an aromatic ring is 1. The molecule has 0 spiro atoms. The number of rotatable bonds is 2. The summed E-state index contributed by atoms with van der Waals surface area (Å²) in [6.07, 6.45) is 6.24. The maximum absolute atomic E-state index is 5.63. The Labute approximate surface area is 119 Å². The van der Waals surface area contributed by atoms with Crippen LogP contribution in [0, 0.1) is 0 Å². The van der Waals surface area contributed by atoms with Crippen molar-refractivity contribution in [3.8, 4) is 10.7 Å². The lowest BCUT2D eigenvalue weighted by Gasteiger charge is -2.18. The van der Waals surface area contributed by atoms with Gasteiger partial charge in [0.05, 0.1) is 5.69 Å². The molecule has 8 heteroatoms. The molecule has 1 aliphatic carbocycles. The van der Waals surface area contributed by atoms with Crippen LogP contribution in [0.5, 0.6) is 0 Å². The fourth-order valence-electron chi connectivity index (χ4n) is 2.80. The van der Waals surface area contributed by atoms with E-state index in [9.17, 15) is 0 Å². The van der Waals surface area contributed by atoms with Crippen LogP contribution in [0.25, 0.3) is 15.7 Å². The molecule has 3 aromatic rings. The summed E-state index contributed by atoms with van der Waals surface area (Å²) < 4.78 is 1.88. The molecule has 3 aromatic heterocycles. The molecule has 1 fully saturated rings. The molecule has 1 saturated carbocycles. The highest BCUT2D eigenvalue weighted by Gasteiger charge is 2.23. The van der Waals surface area contributed by atoms with Gasteiger partial charge in [-0.25, -0.2) is 0 Å². The van der Waals surface area contributed by atoms with Gasteiger partial charge in [0.15, 0.2) is 10.8 Å². The number of nitrogens with zero attached hydrogens (tertiary/aromatic N) is 5. The second-order valence-electron chi connectivity index (χ2n) is 5.20. The lowest BCUT2D eigenvalue weighted by molar-refractivity contribution is 0.423. The van der Waals surface area contributed by atoms with Gasteiger partial charge in [-0.1, -0.05) is 30.6 Å². The van der Waals surface area contributed by atoms with Crippen molar-refractivity contribution in [2.45, 2.75) is 38.0 Å². The number of fused-ring (bicyclic) bond motifs is 1. The quantitative estimate of drug-likeness (QED) is 0.753. The van der Waals surface area contributed by atoms with Gasteiger partial charge in [0, 0.05) is 12.0 Å². The summed E-state index contributed by atoms with van der Waals surface area (Å²) in [5, 5.41) is 20.9. The predicted molar refractivity (Wildman–Crippen MR) is 76.5 cm³/mol. The number of hydrogen-bond donors (Lipinski definition) is 2. The number of nitrogens with one attached hydrogen (secondary N) is 1. The molecule has 0 bridgehead atoms. The highest BCUT2D eigenvalue weighted by atomic mass is 32.1. The van der Waals surface area contributed by atoms with Crippen molar-refractivity contribution in [1.29, 1.82) is 0 Å². The van der Waals surface area contributed by atoms with Gasteiger partial charge >= 0.3 is 0 Å². The minimum absolute atomic E-state index is 0.471. The van der Waals surface area contributed by atoms with Crippen LogP contribution >= 0.6 is 11.3 Å². The van der Waals surface area contributed by atoms with Crippen LogP contribution in [0.3, 0.4) is 0 Å². The Morgan fingerprint density at radius 3 is 2.85 bits per heavy atom. The summed E-state index contributed by atoms with van der Waals surface area (Å²) in [4.78, 5) is 0.828. The first-order valence-electron chi connectivity index (χ1n) is 6.84. The maximum Gasteiger partial charge on any atom is 0.235 e. The van der Waals surface area contributed by atoms with Crippen LogP contribution in [0.15, 0.2) is 6.07 Å². The lowest BCUT2D eigenvalue weighted by Crippen LogP contribution is -2.09. The number of hydrogen-bond acceptors (Lipinski definition) is 6. The first kappa shape index (κ1) is 11.8. The minimum Gasteiger partial charge on any atom is -0.382 e. The van der Waals surface area contributed by atoms with E-state index < -0.39 is 0 Å². The van der Waals surface area contributed by atoms with E-state index in [1.165, 1.54) is 43.4 Å². The number of nitrogens with two attached hydrogens (primary N) is 1. The van der Waals surface area contributed by atoms with E-state index in [4.69, 9.17) is 5.73 Å². The SMILES string of the molecule is Nc1cc(-c2nn3c(C4CCCCC4)nnc3s2)[nH]n1. The van der Waals surface area contributed by atoms with Gasteiger partial charge in [0.1, 0.15) is 5.82 Å². The van der Waals surface area contributed by atoms with E-state index in [2.05, 4.69) is 25.5 Å². The number of H-pyrrole nitrogens is 1. The largest absolute Gasteiger partial charge is 0.382 e. The molecule has 0 radical (unpaired) electrons.